The molecule has 17 nitrogen and oxygen atoms in total. The number of aromatic nitrogens is 1. The number of nitro benzene ring substituents is 2. The van der Waals surface area contributed by atoms with Gasteiger partial charge in [-0.15, -0.1) is 0 Å². The Labute approximate surface area is 250 Å². The molecule has 0 saturated heterocycles. The van der Waals surface area contributed by atoms with E-state index in [1.54, 1.807) is 0 Å². The number of hydrogen-bond acceptors (Lipinski definition) is 13. The van der Waals surface area contributed by atoms with E-state index in [1.165, 1.54) is 13.8 Å². The highest BCUT2D eigenvalue weighted by Crippen LogP contribution is 2.38. The van der Waals surface area contributed by atoms with Crippen molar-refractivity contribution in [2.75, 3.05) is 14.2 Å². The molecule has 3 aromatic rings. The number of oxime groups is 1. The molecule has 0 bridgehead atoms. The van der Waals surface area contributed by atoms with Crippen molar-refractivity contribution in [3.05, 3.63) is 87.8 Å². The SMILES string of the molecule is COc1cc(C(=O)N/C(=N/OC(=O)c2cc(OC)c(O)c([N+](=O)[O-])c2)c2c(C)c(Cl)c(C)[n+]([O-])c2Cl)cc([N+](=O)[O-])c1O. The van der Waals surface area contributed by atoms with Crippen LogP contribution < -0.4 is 19.5 Å². The molecule has 3 rings (SSSR count). The number of pyridine rings is 1. The zero-order chi connectivity index (χ0) is 32.3. The minimum absolute atomic E-state index is 0.0296. The molecule has 19 heteroatoms. The van der Waals surface area contributed by atoms with Crippen LogP contribution in [0.25, 0.3) is 0 Å². The number of halogens is 2. The molecule has 0 atom stereocenters. The van der Waals surface area contributed by atoms with Crippen molar-refractivity contribution < 1.29 is 48.7 Å². The molecule has 0 radical (unpaired) electrons. The van der Waals surface area contributed by atoms with Crippen molar-refractivity contribution in [2.24, 2.45) is 5.16 Å². The first kappa shape index (κ1) is 32.1. The molecule has 0 saturated carbocycles. The van der Waals surface area contributed by atoms with Gasteiger partial charge in [0, 0.05) is 19.1 Å². The number of methoxy groups -OCH3 is 2. The summed E-state index contributed by atoms with van der Waals surface area (Å²) >= 11 is 12.5. The molecule has 3 N–H and O–H groups in total. The van der Waals surface area contributed by atoms with Crippen LogP contribution in [0.5, 0.6) is 23.0 Å². The zero-order valence-electron chi connectivity index (χ0n) is 22.3. The fourth-order valence-electron chi connectivity index (χ4n) is 3.62. The van der Waals surface area contributed by atoms with Gasteiger partial charge in [-0.05, 0) is 36.2 Å². The van der Waals surface area contributed by atoms with Crippen LogP contribution in [-0.2, 0) is 4.84 Å². The van der Waals surface area contributed by atoms with Crippen LogP contribution >= 0.6 is 23.2 Å². The predicted octanol–water partition coefficient (Wildman–Crippen LogP) is 3.44. The molecule has 2 aromatic carbocycles. The van der Waals surface area contributed by atoms with Gasteiger partial charge >= 0.3 is 17.3 Å². The lowest BCUT2D eigenvalue weighted by molar-refractivity contribution is -0.610. The lowest BCUT2D eigenvalue weighted by Crippen LogP contribution is -2.39. The summed E-state index contributed by atoms with van der Waals surface area (Å²) in [6.45, 7) is 2.74. The normalized spacial score (nSPS) is 11.1. The third kappa shape index (κ3) is 6.26. The summed E-state index contributed by atoms with van der Waals surface area (Å²) in [5, 5.41) is 60.4. The van der Waals surface area contributed by atoms with Crippen molar-refractivity contribution in [2.45, 2.75) is 13.8 Å². The Kier molecular flexibility index (Phi) is 9.42. The number of amidine groups is 1. The first-order valence-corrected chi connectivity index (χ1v) is 12.2. The Morgan fingerprint density at radius 3 is 1.91 bits per heavy atom. The van der Waals surface area contributed by atoms with Crippen molar-refractivity contribution in [3.8, 4) is 23.0 Å². The van der Waals surface area contributed by atoms with E-state index in [-0.39, 0.29) is 26.6 Å². The number of benzene rings is 2. The van der Waals surface area contributed by atoms with E-state index in [0.717, 1.165) is 26.4 Å². The largest absolute Gasteiger partial charge is 0.617 e. The summed E-state index contributed by atoms with van der Waals surface area (Å²) in [7, 11) is 2.16. The monoisotopic (exact) mass is 639 g/mol. The highest BCUT2D eigenvalue weighted by molar-refractivity contribution is 6.35. The maximum atomic E-state index is 13.2. The Morgan fingerprint density at radius 1 is 0.930 bits per heavy atom. The number of carbonyl (C=O) groups is 2. The highest BCUT2D eigenvalue weighted by Gasteiger charge is 2.30. The third-order valence-electron chi connectivity index (χ3n) is 5.84. The average molecular weight is 640 g/mol. The lowest BCUT2D eigenvalue weighted by atomic mass is 10.1. The summed E-state index contributed by atoms with van der Waals surface area (Å²) in [5.74, 6) is -5.78. The minimum Gasteiger partial charge on any atom is -0.617 e. The summed E-state index contributed by atoms with van der Waals surface area (Å²) in [6.07, 6.45) is 0. The van der Waals surface area contributed by atoms with Crippen LogP contribution in [0.2, 0.25) is 10.2 Å². The van der Waals surface area contributed by atoms with E-state index >= 15 is 0 Å². The Balaban J connectivity index is 2.17. The van der Waals surface area contributed by atoms with Gasteiger partial charge in [-0.3, -0.25) is 25.0 Å². The van der Waals surface area contributed by atoms with Crippen molar-refractivity contribution in [1.29, 1.82) is 0 Å². The summed E-state index contributed by atoms with van der Waals surface area (Å²) in [5.41, 5.74) is -3.02. The highest BCUT2D eigenvalue weighted by atomic mass is 35.5. The smallest absolute Gasteiger partial charge is 0.366 e. The molecule has 0 aliphatic carbocycles. The molecular weight excluding hydrogens is 621 g/mol. The fourth-order valence-corrected chi connectivity index (χ4v) is 4.15. The molecule has 1 amide bonds. The van der Waals surface area contributed by atoms with Gasteiger partial charge in [-0.2, -0.15) is 4.73 Å². The molecule has 43 heavy (non-hydrogen) atoms. The molecule has 0 aliphatic rings. The van der Waals surface area contributed by atoms with E-state index in [1.807, 2.05) is 0 Å². The van der Waals surface area contributed by atoms with Gasteiger partial charge in [0.15, 0.2) is 17.3 Å². The van der Waals surface area contributed by atoms with Gasteiger partial charge < -0.3 is 35.0 Å². The van der Waals surface area contributed by atoms with Gasteiger partial charge in [0.05, 0.1) is 35.2 Å². The molecular formula is C24H19Cl2N5O12. The van der Waals surface area contributed by atoms with Crippen molar-refractivity contribution in [3.63, 3.8) is 0 Å². The topological polar surface area (TPSA) is 240 Å². The summed E-state index contributed by atoms with van der Waals surface area (Å²) < 4.78 is 9.93. The van der Waals surface area contributed by atoms with Crippen LogP contribution in [0, 0.1) is 39.3 Å². The van der Waals surface area contributed by atoms with E-state index in [2.05, 4.69) is 10.5 Å². The van der Waals surface area contributed by atoms with Crippen LogP contribution in [0.1, 0.15) is 37.5 Å². The summed E-state index contributed by atoms with van der Waals surface area (Å²) in [4.78, 5) is 51.7. The molecule has 0 unspecified atom stereocenters. The van der Waals surface area contributed by atoms with Gasteiger partial charge in [-0.1, -0.05) is 16.8 Å². The van der Waals surface area contributed by atoms with E-state index < -0.39 is 78.2 Å². The fraction of sp³-hybridized carbons (Fsp3) is 0.167. The van der Waals surface area contributed by atoms with E-state index in [9.17, 15) is 45.2 Å². The average Bonchev–Trinajstić information content (AvgIpc) is 2.97. The second-order valence-electron chi connectivity index (χ2n) is 8.36. The Hall–Kier alpha value is -5.42. The van der Waals surface area contributed by atoms with Crippen LogP contribution in [0.3, 0.4) is 0 Å². The van der Waals surface area contributed by atoms with Crippen molar-refractivity contribution in [1.82, 2.24) is 5.32 Å². The predicted molar refractivity (Wildman–Crippen MR) is 147 cm³/mol. The molecule has 226 valence electrons. The van der Waals surface area contributed by atoms with Gasteiger partial charge in [0.25, 0.3) is 11.1 Å². The molecule has 1 heterocycles. The van der Waals surface area contributed by atoms with Crippen LogP contribution in [0.4, 0.5) is 11.4 Å². The number of aromatic hydroxyl groups is 2. The van der Waals surface area contributed by atoms with Gasteiger partial charge in [0.2, 0.25) is 17.2 Å². The van der Waals surface area contributed by atoms with Gasteiger partial charge in [-0.25, -0.2) is 4.79 Å². The molecule has 0 spiro atoms. The number of rotatable bonds is 8. The molecule has 1 aromatic heterocycles. The second-order valence-corrected chi connectivity index (χ2v) is 9.10. The minimum atomic E-state index is -1.35. The first-order valence-electron chi connectivity index (χ1n) is 11.4. The standard InChI is InChI=1S/C24H19Cl2N5O12/c1-9-17(21(26)29(36)10(2)18(9)25)22(27-23(34)11-5-13(30(37)38)19(32)15(7-11)41-3)28-43-24(35)12-6-14(31(39)40)20(33)16(8-12)42-4/h5-8,32-33H,1-4H3,(H,27,28,34). The number of ether oxygens (including phenoxy) is 2. The number of carbonyl (C=O) groups excluding carboxylic acids is 2. The number of phenolic OH excluding ortho intramolecular Hbond substituents is 2. The third-order valence-corrected chi connectivity index (χ3v) is 6.74. The van der Waals surface area contributed by atoms with Crippen LogP contribution in [0.15, 0.2) is 29.4 Å². The number of nitrogens with one attached hydrogen (secondary N) is 1. The van der Waals surface area contributed by atoms with Crippen molar-refractivity contribution >= 4 is 52.3 Å². The maximum Gasteiger partial charge on any atom is 0.366 e. The van der Waals surface area contributed by atoms with E-state index in [0.29, 0.717) is 12.1 Å². The second kappa shape index (κ2) is 12.6. The molecule has 0 aliphatic heterocycles. The van der Waals surface area contributed by atoms with Gasteiger partial charge in [0.1, 0.15) is 10.6 Å². The zero-order valence-corrected chi connectivity index (χ0v) is 23.8. The molecule has 0 fully saturated rings. The maximum absolute atomic E-state index is 13.2. The first-order chi connectivity index (χ1) is 20.1. The quantitative estimate of drug-likeness (QED) is 0.0469. The van der Waals surface area contributed by atoms with E-state index in [4.69, 9.17) is 37.5 Å². The Bertz CT molecular complexity index is 1700. The Morgan fingerprint density at radius 2 is 1.42 bits per heavy atom. The summed E-state index contributed by atoms with van der Waals surface area (Å²) in [6, 6.07) is 3.24. The number of hydrogen-bond donors (Lipinski definition) is 3. The lowest BCUT2D eigenvalue weighted by Gasteiger charge is -2.15. The number of nitro groups is 2. The number of nitrogens with zero attached hydrogens (tertiary/aromatic N) is 4. The van der Waals surface area contributed by atoms with Crippen LogP contribution in [-0.4, -0.2) is 52.0 Å². The number of phenols is 2. The number of amides is 1.